The summed E-state index contributed by atoms with van der Waals surface area (Å²) in [4.78, 5) is 31.7. The van der Waals surface area contributed by atoms with E-state index in [9.17, 15) is 9.59 Å². The molecule has 0 atom stereocenters. The van der Waals surface area contributed by atoms with Crippen molar-refractivity contribution in [1.29, 1.82) is 0 Å². The van der Waals surface area contributed by atoms with Crippen LogP contribution in [0, 0.1) is 0 Å². The zero-order valence-electron chi connectivity index (χ0n) is 21.1. The van der Waals surface area contributed by atoms with Crippen molar-refractivity contribution in [2.45, 2.75) is 45.2 Å². The molecule has 8 nitrogen and oxygen atoms in total. The summed E-state index contributed by atoms with van der Waals surface area (Å²) >= 11 is 0. The third-order valence-corrected chi connectivity index (χ3v) is 6.82. The molecular weight excluding hydrogens is 470 g/mol. The lowest BCUT2D eigenvalue weighted by Crippen LogP contribution is -2.28. The quantitative estimate of drug-likeness (QED) is 0.323. The molecular formula is C29H31N3O5. The lowest BCUT2D eigenvalue weighted by atomic mass is 10.1. The highest BCUT2D eigenvalue weighted by Crippen LogP contribution is 2.33. The minimum absolute atomic E-state index is 0.0457. The first-order valence-electron chi connectivity index (χ1n) is 12.7. The molecule has 1 aliphatic rings. The van der Waals surface area contributed by atoms with Crippen molar-refractivity contribution in [2.75, 3.05) is 13.7 Å². The van der Waals surface area contributed by atoms with Crippen LogP contribution in [-0.4, -0.2) is 28.8 Å². The number of fused-ring (bicyclic) bond motifs is 1. The Morgan fingerprint density at radius 2 is 1.76 bits per heavy atom. The van der Waals surface area contributed by atoms with E-state index < -0.39 is 5.91 Å². The zero-order chi connectivity index (χ0) is 25.8. The number of methoxy groups -OCH3 is 1. The van der Waals surface area contributed by atoms with E-state index in [0.29, 0.717) is 30.2 Å². The van der Waals surface area contributed by atoms with Crippen LogP contribution in [0.25, 0.3) is 11.0 Å². The third kappa shape index (κ3) is 5.05. The summed E-state index contributed by atoms with van der Waals surface area (Å²) in [6, 6.07) is 20.2. The second-order valence-corrected chi connectivity index (χ2v) is 9.13. The Morgan fingerprint density at radius 1 is 0.973 bits per heavy atom. The first-order chi connectivity index (χ1) is 18.1. The van der Waals surface area contributed by atoms with Crippen molar-refractivity contribution >= 4 is 16.9 Å². The number of para-hydroxylation sites is 1. The number of hydroxylamine groups is 1. The van der Waals surface area contributed by atoms with Gasteiger partial charge in [0.2, 0.25) is 0 Å². The van der Waals surface area contributed by atoms with Gasteiger partial charge >= 0.3 is 5.69 Å². The Bertz CT molecular complexity index is 1450. The maximum Gasteiger partial charge on any atom is 0.329 e. The van der Waals surface area contributed by atoms with Gasteiger partial charge in [-0.1, -0.05) is 37.1 Å². The van der Waals surface area contributed by atoms with E-state index in [2.05, 4.69) is 5.48 Å². The van der Waals surface area contributed by atoms with Crippen LogP contribution in [0.2, 0.25) is 0 Å². The van der Waals surface area contributed by atoms with Gasteiger partial charge in [0.1, 0.15) is 11.5 Å². The maximum atomic E-state index is 13.7. The standard InChI is InChI=1S/C29H31N3O5/c1-3-36-24-15-16-25-26(18-24)32(22-9-7-8-10-22)29(34)31(25)19-21-14-13-20(17-27(21)35-2)28(33)30-37-23-11-5-4-6-12-23/h4-6,11-18,22H,3,7-10,19H2,1-2H3,(H,30,33). The van der Waals surface area contributed by atoms with Gasteiger partial charge < -0.3 is 14.3 Å². The van der Waals surface area contributed by atoms with Crippen LogP contribution >= 0.6 is 0 Å². The predicted octanol–water partition coefficient (Wildman–Crippen LogP) is 5.10. The second kappa shape index (κ2) is 10.8. The summed E-state index contributed by atoms with van der Waals surface area (Å²) in [5.41, 5.74) is 5.32. The largest absolute Gasteiger partial charge is 0.496 e. The first-order valence-corrected chi connectivity index (χ1v) is 12.7. The third-order valence-electron chi connectivity index (χ3n) is 6.82. The number of aromatic nitrogens is 2. The molecule has 1 saturated carbocycles. The van der Waals surface area contributed by atoms with Crippen LogP contribution in [0.15, 0.2) is 71.5 Å². The fourth-order valence-electron chi connectivity index (χ4n) is 5.02. The van der Waals surface area contributed by atoms with Crippen molar-refractivity contribution in [3.63, 3.8) is 0 Å². The van der Waals surface area contributed by atoms with E-state index in [-0.39, 0.29) is 11.7 Å². The van der Waals surface area contributed by atoms with E-state index in [1.807, 2.05) is 54.0 Å². The van der Waals surface area contributed by atoms with Crippen molar-refractivity contribution < 1.29 is 19.1 Å². The fraction of sp³-hybridized carbons (Fsp3) is 0.310. The Kier molecular flexibility index (Phi) is 7.16. The van der Waals surface area contributed by atoms with Gasteiger partial charge in [0.15, 0.2) is 5.75 Å². The lowest BCUT2D eigenvalue weighted by Gasteiger charge is -2.12. The van der Waals surface area contributed by atoms with Gasteiger partial charge in [-0.2, -0.15) is 5.48 Å². The molecule has 0 aliphatic heterocycles. The van der Waals surface area contributed by atoms with Crippen molar-refractivity contribution in [1.82, 2.24) is 14.6 Å². The molecule has 8 heteroatoms. The Morgan fingerprint density at radius 3 is 2.49 bits per heavy atom. The molecule has 0 spiro atoms. The van der Waals surface area contributed by atoms with Gasteiger partial charge in [0.05, 0.1) is 31.3 Å². The highest BCUT2D eigenvalue weighted by Gasteiger charge is 2.24. The van der Waals surface area contributed by atoms with Crippen LogP contribution in [0.3, 0.4) is 0 Å². The molecule has 1 aromatic heterocycles. The fourth-order valence-corrected chi connectivity index (χ4v) is 5.02. The van der Waals surface area contributed by atoms with E-state index in [0.717, 1.165) is 48.0 Å². The average molecular weight is 502 g/mol. The van der Waals surface area contributed by atoms with Crippen LogP contribution < -0.4 is 25.5 Å². The Hall–Kier alpha value is -4.20. The molecule has 4 aromatic rings. The zero-order valence-corrected chi connectivity index (χ0v) is 21.1. The molecule has 1 amide bonds. The van der Waals surface area contributed by atoms with Crippen molar-refractivity contribution in [3.8, 4) is 17.2 Å². The van der Waals surface area contributed by atoms with Crippen LogP contribution in [0.5, 0.6) is 17.2 Å². The molecule has 1 N–H and O–H groups in total. The van der Waals surface area contributed by atoms with Crippen molar-refractivity contribution in [3.05, 3.63) is 88.3 Å². The van der Waals surface area contributed by atoms with E-state index >= 15 is 0 Å². The number of hydrogen-bond donors (Lipinski definition) is 1. The van der Waals surface area contributed by atoms with Gasteiger partial charge in [0, 0.05) is 23.2 Å². The van der Waals surface area contributed by atoms with E-state index in [1.165, 1.54) is 0 Å². The highest BCUT2D eigenvalue weighted by molar-refractivity contribution is 5.94. The molecule has 37 heavy (non-hydrogen) atoms. The highest BCUT2D eigenvalue weighted by atomic mass is 16.7. The molecule has 0 unspecified atom stereocenters. The van der Waals surface area contributed by atoms with Crippen LogP contribution in [0.4, 0.5) is 0 Å². The summed E-state index contributed by atoms with van der Waals surface area (Å²) in [6.07, 6.45) is 4.24. The first kappa shape index (κ1) is 24.5. The van der Waals surface area contributed by atoms with E-state index in [1.54, 1.807) is 35.9 Å². The predicted molar refractivity (Wildman–Crippen MR) is 142 cm³/mol. The molecule has 3 aromatic carbocycles. The minimum atomic E-state index is -0.396. The number of rotatable bonds is 9. The van der Waals surface area contributed by atoms with Crippen LogP contribution in [0.1, 0.15) is 54.6 Å². The SMILES string of the molecule is CCOc1ccc2c(c1)n(C1CCCC1)c(=O)n2Cc1ccc(C(=O)NOc2ccccc2)cc1OC. The maximum absolute atomic E-state index is 13.7. The van der Waals surface area contributed by atoms with Gasteiger partial charge in [0.25, 0.3) is 5.91 Å². The normalized spacial score (nSPS) is 13.6. The number of amides is 1. The molecule has 0 radical (unpaired) electrons. The monoisotopic (exact) mass is 501 g/mol. The number of carbonyl (C=O) groups is 1. The summed E-state index contributed by atoms with van der Waals surface area (Å²) in [5.74, 6) is 1.41. The van der Waals surface area contributed by atoms with Gasteiger partial charge in [-0.05, 0) is 56.2 Å². The smallest absolute Gasteiger partial charge is 0.329 e. The van der Waals surface area contributed by atoms with Crippen LogP contribution in [-0.2, 0) is 6.54 Å². The van der Waals surface area contributed by atoms with Crippen molar-refractivity contribution in [2.24, 2.45) is 0 Å². The van der Waals surface area contributed by atoms with Gasteiger partial charge in [-0.25, -0.2) is 4.79 Å². The molecule has 0 bridgehead atoms. The number of nitrogens with one attached hydrogen (secondary N) is 1. The minimum Gasteiger partial charge on any atom is -0.496 e. The number of hydrogen-bond acceptors (Lipinski definition) is 5. The molecule has 1 aliphatic carbocycles. The number of benzene rings is 3. The molecule has 192 valence electrons. The molecule has 1 heterocycles. The summed E-state index contributed by atoms with van der Waals surface area (Å²) < 4.78 is 15.1. The summed E-state index contributed by atoms with van der Waals surface area (Å²) in [5, 5.41) is 0. The molecule has 1 fully saturated rings. The number of ether oxygens (including phenoxy) is 2. The second-order valence-electron chi connectivity index (χ2n) is 9.13. The number of carbonyl (C=O) groups excluding carboxylic acids is 1. The summed E-state index contributed by atoms with van der Waals surface area (Å²) in [6.45, 7) is 2.82. The lowest BCUT2D eigenvalue weighted by molar-refractivity contribution is 0.0759. The summed E-state index contributed by atoms with van der Waals surface area (Å²) in [7, 11) is 1.56. The van der Waals surface area contributed by atoms with Gasteiger partial charge in [-0.3, -0.25) is 13.9 Å². The molecule has 5 rings (SSSR count). The van der Waals surface area contributed by atoms with E-state index in [4.69, 9.17) is 14.3 Å². The molecule has 0 saturated heterocycles. The Balaban J connectivity index is 1.45. The number of nitrogens with zero attached hydrogens (tertiary/aromatic N) is 2. The number of imidazole rings is 1. The van der Waals surface area contributed by atoms with Gasteiger partial charge in [-0.15, -0.1) is 0 Å². The average Bonchev–Trinajstić information content (AvgIpc) is 3.54. The topological polar surface area (TPSA) is 83.7 Å². The Labute approximate surface area is 215 Å².